The molecule has 0 aliphatic carbocycles. The Hall–Kier alpha value is -3.42. The van der Waals surface area contributed by atoms with Gasteiger partial charge in [0.2, 0.25) is 17.6 Å². The third-order valence-corrected chi connectivity index (χ3v) is 4.03. The van der Waals surface area contributed by atoms with Crippen molar-refractivity contribution >= 4 is 11.6 Å². The molecule has 1 aliphatic heterocycles. The molecule has 1 aromatic carbocycles. The highest BCUT2D eigenvalue weighted by molar-refractivity contribution is 5.97. The maximum absolute atomic E-state index is 12.2. The second kappa shape index (κ2) is 6.83. The van der Waals surface area contributed by atoms with Crippen LogP contribution in [0.5, 0.6) is 11.6 Å². The van der Waals surface area contributed by atoms with Crippen molar-refractivity contribution in [3.05, 3.63) is 48.5 Å². The van der Waals surface area contributed by atoms with E-state index in [0.717, 1.165) is 11.3 Å². The van der Waals surface area contributed by atoms with Gasteiger partial charge in [-0.25, -0.2) is 4.98 Å². The highest BCUT2D eigenvalue weighted by Gasteiger charge is 2.25. The summed E-state index contributed by atoms with van der Waals surface area (Å²) in [5.74, 6) is 2.02. The van der Waals surface area contributed by atoms with Crippen LogP contribution in [0.4, 0.5) is 5.69 Å². The molecule has 0 saturated heterocycles. The van der Waals surface area contributed by atoms with Gasteiger partial charge in [-0.2, -0.15) is 4.98 Å². The molecule has 0 radical (unpaired) electrons. The van der Waals surface area contributed by atoms with Gasteiger partial charge in [-0.05, 0) is 18.2 Å². The third kappa shape index (κ3) is 3.08. The average Bonchev–Trinajstić information content (AvgIpc) is 3.16. The Morgan fingerprint density at radius 1 is 1.23 bits per heavy atom. The summed E-state index contributed by atoms with van der Waals surface area (Å²) in [5.41, 5.74) is 1.48. The number of aromatic nitrogens is 3. The molecule has 0 N–H and O–H groups in total. The summed E-state index contributed by atoms with van der Waals surface area (Å²) in [4.78, 5) is 22.4. The van der Waals surface area contributed by atoms with Gasteiger partial charge in [0.15, 0.2) is 6.61 Å². The molecule has 2 aromatic heterocycles. The molecule has 1 aliphatic rings. The molecule has 4 rings (SSSR count). The number of hydrogen-bond donors (Lipinski definition) is 0. The SMILES string of the molecule is COc1ccc(-c2noc(CCN3C(=O)COc4ccccc43)n2)cn1. The van der Waals surface area contributed by atoms with Gasteiger partial charge < -0.3 is 18.9 Å². The second-order valence-electron chi connectivity index (χ2n) is 5.65. The monoisotopic (exact) mass is 352 g/mol. The summed E-state index contributed by atoms with van der Waals surface area (Å²) >= 11 is 0. The maximum Gasteiger partial charge on any atom is 0.265 e. The number of rotatable bonds is 5. The summed E-state index contributed by atoms with van der Waals surface area (Å²) in [5, 5.41) is 3.97. The molecule has 1 amide bonds. The lowest BCUT2D eigenvalue weighted by Crippen LogP contribution is -2.40. The predicted molar refractivity (Wildman–Crippen MR) is 92.1 cm³/mol. The quantitative estimate of drug-likeness (QED) is 0.694. The van der Waals surface area contributed by atoms with E-state index in [1.807, 2.05) is 30.3 Å². The summed E-state index contributed by atoms with van der Waals surface area (Å²) < 4.78 is 15.8. The fourth-order valence-electron chi connectivity index (χ4n) is 2.71. The number of pyridine rings is 1. The van der Waals surface area contributed by atoms with E-state index in [0.29, 0.717) is 36.3 Å². The largest absolute Gasteiger partial charge is 0.482 e. The summed E-state index contributed by atoms with van der Waals surface area (Å²) in [6.07, 6.45) is 2.06. The molecule has 8 heteroatoms. The molecule has 132 valence electrons. The highest BCUT2D eigenvalue weighted by atomic mass is 16.5. The lowest BCUT2D eigenvalue weighted by Gasteiger charge is -2.28. The number of para-hydroxylation sites is 2. The highest BCUT2D eigenvalue weighted by Crippen LogP contribution is 2.31. The van der Waals surface area contributed by atoms with Gasteiger partial charge in [-0.15, -0.1) is 0 Å². The molecule has 3 heterocycles. The van der Waals surface area contributed by atoms with E-state index in [-0.39, 0.29) is 12.5 Å². The van der Waals surface area contributed by atoms with Gasteiger partial charge in [-0.3, -0.25) is 4.79 Å². The number of anilines is 1. The van der Waals surface area contributed by atoms with E-state index in [1.165, 1.54) is 0 Å². The van der Waals surface area contributed by atoms with E-state index < -0.39 is 0 Å². The van der Waals surface area contributed by atoms with Crippen LogP contribution in [-0.4, -0.2) is 41.3 Å². The molecule has 26 heavy (non-hydrogen) atoms. The van der Waals surface area contributed by atoms with Gasteiger partial charge >= 0.3 is 0 Å². The molecule has 3 aromatic rings. The number of methoxy groups -OCH3 is 1. The topological polar surface area (TPSA) is 90.6 Å². The van der Waals surface area contributed by atoms with Crippen molar-refractivity contribution < 1.29 is 18.8 Å². The molecule has 0 spiro atoms. The van der Waals surface area contributed by atoms with E-state index in [2.05, 4.69) is 15.1 Å². The van der Waals surface area contributed by atoms with Crippen molar-refractivity contribution in [2.45, 2.75) is 6.42 Å². The number of nitrogens with zero attached hydrogens (tertiary/aromatic N) is 4. The number of benzene rings is 1. The van der Waals surface area contributed by atoms with E-state index in [4.69, 9.17) is 14.0 Å². The van der Waals surface area contributed by atoms with Crippen molar-refractivity contribution in [1.82, 2.24) is 15.1 Å². The van der Waals surface area contributed by atoms with Crippen LogP contribution < -0.4 is 14.4 Å². The first-order valence-electron chi connectivity index (χ1n) is 8.10. The molecule has 0 atom stereocenters. The normalized spacial score (nSPS) is 13.3. The third-order valence-electron chi connectivity index (χ3n) is 4.03. The van der Waals surface area contributed by atoms with Gasteiger partial charge in [0.05, 0.1) is 12.8 Å². The smallest absolute Gasteiger partial charge is 0.265 e. The van der Waals surface area contributed by atoms with Gasteiger partial charge in [-0.1, -0.05) is 17.3 Å². The second-order valence-corrected chi connectivity index (χ2v) is 5.65. The van der Waals surface area contributed by atoms with Gasteiger partial charge in [0.25, 0.3) is 5.91 Å². The van der Waals surface area contributed by atoms with Crippen LogP contribution in [0, 0.1) is 0 Å². The number of ether oxygens (including phenoxy) is 2. The zero-order chi connectivity index (χ0) is 17.9. The minimum atomic E-state index is -0.0946. The lowest BCUT2D eigenvalue weighted by atomic mass is 10.2. The van der Waals surface area contributed by atoms with Crippen LogP contribution >= 0.6 is 0 Å². The maximum atomic E-state index is 12.2. The number of fused-ring (bicyclic) bond motifs is 1. The van der Waals surface area contributed by atoms with Crippen molar-refractivity contribution in [2.75, 3.05) is 25.2 Å². The van der Waals surface area contributed by atoms with Crippen LogP contribution in [0.25, 0.3) is 11.4 Å². The fourth-order valence-corrected chi connectivity index (χ4v) is 2.71. The average molecular weight is 352 g/mol. The summed E-state index contributed by atoms with van der Waals surface area (Å²) in [6, 6.07) is 11.0. The van der Waals surface area contributed by atoms with E-state index in [1.54, 1.807) is 24.3 Å². The Bertz CT molecular complexity index is 923. The van der Waals surface area contributed by atoms with E-state index >= 15 is 0 Å². The minimum Gasteiger partial charge on any atom is -0.482 e. The molecule has 0 unspecified atom stereocenters. The Labute approximate surface area is 149 Å². The van der Waals surface area contributed by atoms with Crippen molar-refractivity contribution in [3.8, 4) is 23.0 Å². The van der Waals surface area contributed by atoms with Crippen molar-refractivity contribution in [2.24, 2.45) is 0 Å². The number of hydrogen-bond acceptors (Lipinski definition) is 7. The summed E-state index contributed by atoms with van der Waals surface area (Å²) in [6.45, 7) is 0.464. The van der Waals surface area contributed by atoms with Crippen molar-refractivity contribution in [1.29, 1.82) is 0 Å². The molecule has 8 nitrogen and oxygen atoms in total. The predicted octanol–water partition coefficient (Wildman–Crippen LogP) is 2.11. The van der Waals surface area contributed by atoms with Gasteiger partial charge in [0.1, 0.15) is 5.75 Å². The number of amides is 1. The zero-order valence-electron chi connectivity index (χ0n) is 14.1. The fraction of sp³-hybridized carbons (Fsp3) is 0.222. The minimum absolute atomic E-state index is 0.0314. The number of carbonyl (C=O) groups excluding carboxylic acids is 1. The molecule has 0 bridgehead atoms. The van der Waals surface area contributed by atoms with Crippen LogP contribution in [0.3, 0.4) is 0 Å². The number of carbonyl (C=O) groups is 1. The first-order valence-corrected chi connectivity index (χ1v) is 8.10. The Morgan fingerprint density at radius 3 is 2.92 bits per heavy atom. The van der Waals surface area contributed by atoms with Crippen LogP contribution in [0.15, 0.2) is 47.1 Å². The van der Waals surface area contributed by atoms with Gasteiger partial charge in [0, 0.05) is 30.8 Å². The molecular weight excluding hydrogens is 336 g/mol. The van der Waals surface area contributed by atoms with Crippen LogP contribution in [0.1, 0.15) is 5.89 Å². The molecule has 0 saturated carbocycles. The standard InChI is InChI=1S/C18H16N4O4/c1-24-15-7-6-12(10-19-15)18-20-16(26-21-18)8-9-22-13-4-2-3-5-14(13)25-11-17(22)23/h2-7,10H,8-9,11H2,1H3. The molecule has 0 fully saturated rings. The van der Waals surface area contributed by atoms with Crippen molar-refractivity contribution in [3.63, 3.8) is 0 Å². The molecular formula is C18H16N4O4. The van der Waals surface area contributed by atoms with E-state index in [9.17, 15) is 4.79 Å². The zero-order valence-corrected chi connectivity index (χ0v) is 14.1. The first-order chi connectivity index (χ1) is 12.7. The van der Waals surface area contributed by atoms with Crippen LogP contribution in [0.2, 0.25) is 0 Å². The summed E-state index contributed by atoms with van der Waals surface area (Å²) in [7, 11) is 1.56. The lowest BCUT2D eigenvalue weighted by molar-refractivity contribution is -0.121. The van der Waals surface area contributed by atoms with Crippen LogP contribution in [-0.2, 0) is 11.2 Å². The Kier molecular flexibility index (Phi) is 4.22. The first kappa shape index (κ1) is 16.1. The Morgan fingerprint density at radius 2 is 2.12 bits per heavy atom. The Balaban J connectivity index is 1.47.